The van der Waals surface area contributed by atoms with Gasteiger partial charge in [-0.15, -0.1) is 0 Å². The average Bonchev–Trinajstić information content (AvgIpc) is 3.72. The summed E-state index contributed by atoms with van der Waals surface area (Å²) in [5.74, 6) is 1.78. The van der Waals surface area contributed by atoms with Crippen molar-refractivity contribution in [3.05, 3.63) is 146 Å². The van der Waals surface area contributed by atoms with E-state index in [9.17, 15) is 0 Å². The number of furan rings is 2. The van der Waals surface area contributed by atoms with Gasteiger partial charge in [0.1, 0.15) is 22.3 Å². The van der Waals surface area contributed by atoms with Crippen LogP contribution in [0.15, 0.2) is 155 Å². The molecule has 10 rings (SSSR count). The van der Waals surface area contributed by atoms with E-state index >= 15 is 0 Å². The number of rotatable bonds is 4. The monoisotopic (exact) mass is 616 g/mol. The van der Waals surface area contributed by atoms with E-state index < -0.39 is 0 Å². The van der Waals surface area contributed by atoms with Crippen LogP contribution in [0.2, 0.25) is 0 Å². The van der Waals surface area contributed by atoms with Crippen LogP contribution in [0.3, 0.4) is 0 Å². The largest absolute Gasteiger partial charge is 0.456 e. The van der Waals surface area contributed by atoms with Gasteiger partial charge in [-0.05, 0) is 53.4 Å². The third kappa shape index (κ3) is 4.13. The maximum Gasteiger partial charge on any atom is 0.164 e. The average molecular weight is 617 g/mol. The van der Waals surface area contributed by atoms with Gasteiger partial charge >= 0.3 is 0 Å². The lowest BCUT2D eigenvalue weighted by Crippen LogP contribution is -2.00. The molecule has 6 aromatic carbocycles. The van der Waals surface area contributed by atoms with Crippen molar-refractivity contribution in [1.29, 1.82) is 0 Å². The van der Waals surface area contributed by atoms with Gasteiger partial charge < -0.3 is 8.83 Å². The summed E-state index contributed by atoms with van der Waals surface area (Å²) in [6.07, 6.45) is 3.69. The zero-order chi connectivity index (χ0) is 31.6. The predicted octanol–water partition coefficient (Wildman–Crippen LogP) is 10.9. The van der Waals surface area contributed by atoms with Gasteiger partial charge in [0.05, 0.1) is 0 Å². The first-order chi connectivity index (χ1) is 23.8. The van der Waals surface area contributed by atoms with Crippen LogP contribution >= 0.6 is 0 Å². The lowest BCUT2D eigenvalue weighted by molar-refractivity contribution is 0.669. The maximum absolute atomic E-state index is 6.85. The smallest absolute Gasteiger partial charge is 0.164 e. The van der Waals surface area contributed by atoms with Crippen LogP contribution in [-0.4, -0.2) is 19.9 Å². The Morgan fingerprint density at radius 3 is 1.90 bits per heavy atom. The van der Waals surface area contributed by atoms with Crippen LogP contribution in [0.25, 0.3) is 99.9 Å². The van der Waals surface area contributed by atoms with Crippen LogP contribution in [0, 0.1) is 0 Å². The van der Waals surface area contributed by atoms with Gasteiger partial charge in [-0.1, -0.05) is 91.0 Å². The van der Waals surface area contributed by atoms with E-state index in [4.69, 9.17) is 23.8 Å². The summed E-state index contributed by atoms with van der Waals surface area (Å²) < 4.78 is 13.1. The minimum absolute atomic E-state index is 0.570. The SMILES string of the molecule is c1ccc(-c2nc(-c3ccccc3)nc(-c3ccc(-c4cccc5oc6ccccc6c45)c4oc5cc6ccncc6cc5c34)n2)cc1. The fourth-order valence-corrected chi connectivity index (χ4v) is 6.79. The molecule has 48 heavy (non-hydrogen) atoms. The van der Waals surface area contributed by atoms with E-state index in [0.717, 1.165) is 82.5 Å². The van der Waals surface area contributed by atoms with Gasteiger partial charge in [0.15, 0.2) is 17.5 Å². The molecule has 0 aliphatic carbocycles. The molecule has 0 fully saturated rings. The van der Waals surface area contributed by atoms with Crippen molar-refractivity contribution < 1.29 is 8.83 Å². The molecule has 0 saturated carbocycles. The van der Waals surface area contributed by atoms with E-state index in [1.54, 1.807) is 6.20 Å². The molecule has 0 bridgehead atoms. The highest BCUT2D eigenvalue weighted by Crippen LogP contribution is 2.45. The first kappa shape index (κ1) is 26.5. The molecule has 10 aromatic rings. The molecule has 0 N–H and O–H groups in total. The quantitative estimate of drug-likeness (QED) is 0.196. The van der Waals surface area contributed by atoms with Crippen LogP contribution in [0.5, 0.6) is 0 Å². The Kier molecular flexibility index (Phi) is 5.77. The molecule has 0 spiro atoms. The number of benzene rings is 6. The van der Waals surface area contributed by atoms with Crippen LogP contribution in [0.4, 0.5) is 0 Å². The number of aromatic nitrogens is 4. The number of hydrogen-bond donors (Lipinski definition) is 0. The second-order valence-electron chi connectivity index (χ2n) is 11.9. The first-order valence-corrected chi connectivity index (χ1v) is 15.8. The van der Waals surface area contributed by atoms with Crippen molar-refractivity contribution in [3.8, 4) is 45.3 Å². The minimum atomic E-state index is 0.570. The summed E-state index contributed by atoms with van der Waals surface area (Å²) in [6.45, 7) is 0. The molecule has 0 atom stereocenters. The molecule has 224 valence electrons. The molecule has 4 aromatic heterocycles. The van der Waals surface area contributed by atoms with Gasteiger partial charge in [0, 0.05) is 61.6 Å². The first-order valence-electron chi connectivity index (χ1n) is 15.8. The van der Waals surface area contributed by atoms with Crippen LogP contribution in [0.1, 0.15) is 0 Å². The zero-order valence-electron chi connectivity index (χ0n) is 25.5. The number of para-hydroxylation sites is 1. The third-order valence-corrected chi connectivity index (χ3v) is 9.01. The molecule has 4 heterocycles. The van der Waals surface area contributed by atoms with Gasteiger partial charge in [-0.25, -0.2) is 15.0 Å². The summed E-state index contributed by atoms with van der Waals surface area (Å²) in [7, 11) is 0. The maximum atomic E-state index is 6.85. The van der Waals surface area contributed by atoms with E-state index in [1.807, 2.05) is 103 Å². The molecule has 6 nitrogen and oxygen atoms in total. The topological polar surface area (TPSA) is 77.8 Å². The summed E-state index contributed by atoms with van der Waals surface area (Å²) in [5, 5.41) is 6.09. The molecule has 6 heteroatoms. The van der Waals surface area contributed by atoms with E-state index in [-0.39, 0.29) is 0 Å². The zero-order valence-corrected chi connectivity index (χ0v) is 25.5. The Morgan fingerprint density at radius 1 is 0.417 bits per heavy atom. The summed E-state index contributed by atoms with van der Waals surface area (Å²) >= 11 is 0. The number of pyridine rings is 1. The Bertz CT molecular complexity index is 2780. The molecule has 0 radical (unpaired) electrons. The fraction of sp³-hybridized carbons (Fsp3) is 0. The summed E-state index contributed by atoms with van der Waals surface area (Å²) in [6, 6.07) is 44.9. The van der Waals surface area contributed by atoms with Crippen molar-refractivity contribution in [2.45, 2.75) is 0 Å². The van der Waals surface area contributed by atoms with Gasteiger partial charge in [0.25, 0.3) is 0 Å². The van der Waals surface area contributed by atoms with Gasteiger partial charge in [-0.3, -0.25) is 4.98 Å². The molecule has 0 unspecified atom stereocenters. The highest BCUT2D eigenvalue weighted by Gasteiger charge is 2.23. The van der Waals surface area contributed by atoms with Gasteiger partial charge in [0.2, 0.25) is 0 Å². The predicted molar refractivity (Wildman–Crippen MR) is 191 cm³/mol. The molecular weight excluding hydrogens is 592 g/mol. The van der Waals surface area contributed by atoms with Crippen molar-refractivity contribution >= 4 is 54.6 Å². The van der Waals surface area contributed by atoms with Crippen molar-refractivity contribution in [2.24, 2.45) is 0 Å². The Labute approximate surface area is 274 Å². The summed E-state index contributed by atoms with van der Waals surface area (Å²) in [4.78, 5) is 19.5. The molecular formula is C42H24N4O2. The second-order valence-corrected chi connectivity index (χ2v) is 11.9. The molecule has 0 saturated heterocycles. The third-order valence-electron chi connectivity index (χ3n) is 9.01. The lowest BCUT2D eigenvalue weighted by atomic mass is 9.94. The molecule has 0 aliphatic heterocycles. The Morgan fingerprint density at radius 2 is 1.10 bits per heavy atom. The lowest BCUT2D eigenvalue weighted by Gasteiger charge is -2.11. The van der Waals surface area contributed by atoms with E-state index in [2.05, 4.69) is 41.4 Å². The van der Waals surface area contributed by atoms with E-state index in [0.29, 0.717) is 17.5 Å². The Balaban J connectivity index is 1.31. The number of fused-ring (bicyclic) bond motifs is 7. The van der Waals surface area contributed by atoms with Crippen LogP contribution < -0.4 is 0 Å². The highest BCUT2D eigenvalue weighted by molar-refractivity contribution is 6.21. The van der Waals surface area contributed by atoms with Gasteiger partial charge in [-0.2, -0.15) is 0 Å². The number of nitrogens with zero attached hydrogens (tertiary/aromatic N) is 4. The minimum Gasteiger partial charge on any atom is -0.456 e. The fourth-order valence-electron chi connectivity index (χ4n) is 6.79. The van der Waals surface area contributed by atoms with Crippen molar-refractivity contribution in [2.75, 3.05) is 0 Å². The van der Waals surface area contributed by atoms with Crippen molar-refractivity contribution in [3.63, 3.8) is 0 Å². The normalized spacial score (nSPS) is 11.8. The second kappa shape index (κ2) is 10.4. The standard InChI is InChI=1S/C42H24N4O2/c1-3-10-25(11-4-1)40-44-41(26-12-5-2-6-13-26)46-42(45-40)32-19-18-30(29-15-9-17-35-37(29)31-14-7-8-16-34(31)47-35)39-38(32)33-22-28-24-43-21-20-27(28)23-36(33)48-39/h1-24H. The Hall–Kier alpha value is -6.66. The van der Waals surface area contributed by atoms with E-state index in [1.165, 1.54) is 0 Å². The van der Waals surface area contributed by atoms with Crippen molar-refractivity contribution in [1.82, 2.24) is 19.9 Å². The highest BCUT2D eigenvalue weighted by atomic mass is 16.3. The number of hydrogen-bond acceptors (Lipinski definition) is 6. The van der Waals surface area contributed by atoms with Crippen LogP contribution in [-0.2, 0) is 0 Å². The summed E-state index contributed by atoms with van der Waals surface area (Å²) in [5.41, 5.74) is 7.90. The molecule has 0 amide bonds. The molecule has 0 aliphatic rings.